The van der Waals surface area contributed by atoms with Gasteiger partial charge in [-0.05, 0) is 92.2 Å². The average molecular weight is 939 g/mol. The normalized spacial score (nSPS) is 48.7. The molecule has 0 radical (unpaired) electrons. The van der Waals surface area contributed by atoms with E-state index in [0.29, 0.717) is 32.1 Å². The molecular formula is C42H66O11S6. The summed E-state index contributed by atoms with van der Waals surface area (Å²) in [4.78, 5) is 1.13. The van der Waals surface area contributed by atoms with Crippen molar-refractivity contribution in [3.8, 4) is 0 Å². The maximum Gasteiger partial charge on any atom is 0.110 e. The molecule has 336 valence electrons. The Morgan fingerprint density at radius 2 is 0.847 bits per heavy atom. The third-order valence-electron chi connectivity index (χ3n) is 12.4. The molecule has 0 spiro atoms. The first-order chi connectivity index (χ1) is 28.2. The van der Waals surface area contributed by atoms with Gasteiger partial charge in [-0.15, -0.1) is 58.8 Å². The molecular weight excluding hydrogens is 873 g/mol. The first-order valence-electron chi connectivity index (χ1n) is 21.5. The summed E-state index contributed by atoms with van der Waals surface area (Å²) in [7, 11) is 0. The number of aliphatic hydroxyl groups excluding tert-OH is 5. The summed E-state index contributed by atoms with van der Waals surface area (Å²) in [5, 5.41) is 54.8. The SMILES string of the molecule is C[C@@H]1O[C@@H](S[C@@H]2C[C@H](S[C@H]3[C@H](O)C[C@@H](Sc4ccccc4)O[C@@H]3C)O[C@H](C)[C@H]2O)CC[C@@H]1S[C@H]1C[C@@H](O)[C@H](S[C@H]2C[C@@H](S[C@H]3CC[C@H](O)[C@H](C)O3)[C@H](O)[C@@H](C)O2)[C@@H](C)O1. The van der Waals surface area contributed by atoms with E-state index in [4.69, 9.17) is 28.4 Å². The minimum Gasteiger partial charge on any atom is -0.392 e. The standard InChI is InChI=1S/C42H66O11S6/c1-20-27(43)12-14-33(48-20)56-31-18-37(50-22(3)39(31)46)59-42-25(6)53-36(17-29(42)45)55-30-13-15-34(49-21(30)2)57-32-19-38(51-23(4)40(32)47)58-41-24(5)52-35(16-28(41)44)54-26-10-8-7-9-11-26/h7-11,20-25,27-47H,12-19H2,1-6H3/t20-,21-,22+,23+,24+,25+,27-,28+,29+,30-,31+,32+,33-,34-,35+,36-,37-,38-,39+,40+,41+,42+/m0/s1. The highest BCUT2D eigenvalue weighted by Crippen LogP contribution is 2.47. The quantitative estimate of drug-likeness (QED) is 0.151. The highest BCUT2D eigenvalue weighted by Gasteiger charge is 2.46. The van der Waals surface area contributed by atoms with E-state index in [2.05, 4.69) is 19.1 Å². The van der Waals surface area contributed by atoms with Gasteiger partial charge in [0.25, 0.3) is 0 Å². The zero-order valence-corrected chi connectivity index (χ0v) is 39.8. The first kappa shape index (κ1) is 47.8. The molecule has 22 atom stereocenters. The van der Waals surface area contributed by atoms with Crippen molar-refractivity contribution >= 4 is 70.6 Å². The van der Waals surface area contributed by atoms with E-state index in [1.54, 1.807) is 70.6 Å². The topological polar surface area (TPSA) is 157 Å². The molecule has 1 aromatic carbocycles. The van der Waals surface area contributed by atoms with Crippen LogP contribution in [0.2, 0.25) is 0 Å². The molecule has 0 aromatic heterocycles. The molecule has 6 aliphatic rings. The molecule has 7 rings (SSSR count). The van der Waals surface area contributed by atoms with E-state index >= 15 is 0 Å². The van der Waals surface area contributed by atoms with E-state index < -0.39 is 30.5 Å². The minimum absolute atomic E-state index is 0.0246. The summed E-state index contributed by atoms with van der Waals surface area (Å²) >= 11 is 10.0. The zero-order chi connectivity index (χ0) is 42.0. The fraction of sp³-hybridized carbons (Fsp3) is 0.857. The number of rotatable bonds is 12. The Labute approximate surface area is 376 Å². The van der Waals surface area contributed by atoms with Gasteiger partial charge in [0.15, 0.2) is 0 Å². The number of aliphatic hydroxyl groups is 5. The van der Waals surface area contributed by atoms with Crippen LogP contribution in [0.4, 0.5) is 0 Å². The maximum atomic E-state index is 11.5. The van der Waals surface area contributed by atoms with E-state index in [-0.39, 0.29) is 95.5 Å². The maximum absolute atomic E-state index is 11.5. The van der Waals surface area contributed by atoms with Gasteiger partial charge in [0, 0.05) is 33.5 Å². The van der Waals surface area contributed by atoms with Crippen LogP contribution in [0.3, 0.4) is 0 Å². The highest BCUT2D eigenvalue weighted by molar-refractivity contribution is 8.02. The molecule has 6 heterocycles. The molecule has 11 nitrogen and oxygen atoms in total. The van der Waals surface area contributed by atoms with Crippen LogP contribution >= 0.6 is 70.6 Å². The number of thioether (sulfide) groups is 6. The Morgan fingerprint density at radius 3 is 1.37 bits per heavy atom. The van der Waals surface area contributed by atoms with Crippen molar-refractivity contribution in [3.63, 3.8) is 0 Å². The van der Waals surface area contributed by atoms with Crippen molar-refractivity contribution in [2.45, 2.75) is 224 Å². The zero-order valence-electron chi connectivity index (χ0n) is 34.9. The molecule has 17 heteroatoms. The molecule has 59 heavy (non-hydrogen) atoms. The van der Waals surface area contributed by atoms with E-state index in [9.17, 15) is 25.5 Å². The molecule has 5 N–H and O–H groups in total. The van der Waals surface area contributed by atoms with Crippen LogP contribution in [0.15, 0.2) is 35.2 Å². The second kappa shape index (κ2) is 21.9. The summed E-state index contributed by atoms with van der Waals surface area (Å²) in [5.74, 6) is 0. The lowest BCUT2D eigenvalue weighted by Gasteiger charge is -2.45. The van der Waals surface area contributed by atoms with Gasteiger partial charge in [0.2, 0.25) is 0 Å². The molecule has 6 fully saturated rings. The third kappa shape index (κ3) is 12.6. The molecule has 0 aliphatic carbocycles. The molecule has 0 saturated carbocycles. The van der Waals surface area contributed by atoms with Gasteiger partial charge in [0.1, 0.15) is 32.6 Å². The molecule has 1 aromatic rings. The van der Waals surface area contributed by atoms with Crippen molar-refractivity contribution in [2.24, 2.45) is 0 Å². The van der Waals surface area contributed by atoms with Gasteiger partial charge in [-0.25, -0.2) is 0 Å². The van der Waals surface area contributed by atoms with Gasteiger partial charge in [-0.1, -0.05) is 30.0 Å². The van der Waals surface area contributed by atoms with Crippen LogP contribution in [-0.4, -0.2) is 152 Å². The Morgan fingerprint density at radius 1 is 0.407 bits per heavy atom. The van der Waals surface area contributed by atoms with Crippen LogP contribution in [0.25, 0.3) is 0 Å². The summed E-state index contributed by atoms with van der Waals surface area (Å²) in [6, 6.07) is 10.2. The van der Waals surface area contributed by atoms with Crippen LogP contribution in [0, 0.1) is 0 Å². The largest absolute Gasteiger partial charge is 0.392 e. The Kier molecular flexibility index (Phi) is 17.8. The summed E-state index contributed by atoms with van der Waals surface area (Å²) < 4.78 is 38.1. The Hall–Kier alpha value is 0.880. The second-order valence-electron chi connectivity index (χ2n) is 17.1. The summed E-state index contributed by atoms with van der Waals surface area (Å²) in [6.45, 7) is 11.9. The first-order valence-corrected chi connectivity index (χ1v) is 27.1. The van der Waals surface area contributed by atoms with Crippen molar-refractivity contribution in [1.82, 2.24) is 0 Å². The number of ether oxygens (including phenoxy) is 6. The predicted octanol–water partition coefficient (Wildman–Crippen LogP) is 6.68. The third-order valence-corrected chi connectivity index (χ3v) is 21.2. The van der Waals surface area contributed by atoms with E-state index in [1.807, 2.05) is 52.8 Å². The van der Waals surface area contributed by atoms with Crippen LogP contribution in [0.1, 0.15) is 92.9 Å². The molecule has 0 amide bonds. The Balaban J connectivity index is 0.847. The van der Waals surface area contributed by atoms with Gasteiger partial charge in [-0.2, -0.15) is 0 Å². The molecule has 6 aliphatic heterocycles. The lowest BCUT2D eigenvalue weighted by atomic mass is 10.1. The van der Waals surface area contributed by atoms with Crippen molar-refractivity contribution in [1.29, 1.82) is 0 Å². The summed E-state index contributed by atoms with van der Waals surface area (Å²) in [6.07, 6.45) is 1.57. The van der Waals surface area contributed by atoms with E-state index in [1.165, 1.54) is 0 Å². The number of benzene rings is 1. The molecule has 0 bridgehead atoms. The van der Waals surface area contributed by atoms with Gasteiger partial charge in [0.05, 0.1) is 77.6 Å². The minimum atomic E-state index is -0.620. The van der Waals surface area contributed by atoms with Gasteiger partial charge < -0.3 is 54.0 Å². The van der Waals surface area contributed by atoms with Crippen LogP contribution < -0.4 is 0 Å². The average Bonchev–Trinajstić information content (AvgIpc) is 3.18. The van der Waals surface area contributed by atoms with Crippen LogP contribution in [-0.2, 0) is 28.4 Å². The predicted molar refractivity (Wildman–Crippen MR) is 242 cm³/mol. The molecule has 6 saturated heterocycles. The van der Waals surface area contributed by atoms with Crippen molar-refractivity contribution in [3.05, 3.63) is 30.3 Å². The molecule has 0 unspecified atom stereocenters. The second-order valence-corrected chi connectivity index (χ2v) is 25.2. The summed E-state index contributed by atoms with van der Waals surface area (Å²) in [5.41, 5.74) is -0.743. The number of hydrogen-bond donors (Lipinski definition) is 5. The Bertz CT molecular complexity index is 1420. The van der Waals surface area contributed by atoms with Crippen LogP contribution in [0.5, 0.6) is 0 Å². The van der Waals surface area contributed by atoms with Crippen molar-refractivity contribution < 1.29 is 54.0 Å². The fourth-order valence-electron chi connectivity index (χ4n) is 8.90. The number of hydrogen-bond acceptors (Lipinski definition) is 17. The smallest absolute Gasteiger partial charge is 0.110 e. The van der Waals surface area contributed by atoms with E-state index in [0.717, 1.165) is 24.2 Å². The van der Waals surface area contributed by atoms with Gasteiger partial charge in [-0.3, -0.25) is 0 Å². The fourth-order valence-corrected chi connectivity index (χ4v) is 17.9. The van der Waals surface area contributed by atoms with Gasteiger partial charge >= 0.3 is 0 Å². The monoisotopic (exact) mass is 938 g/mol. The lowest BCUT2D eigenvalue weighted by Crippen LogP contribution is -2.50. The lowest BCUT2D eigenvalue weighted by molar-refractivity contribution is -0.0838. The highest BCUT2D eigenvalue weighted by atomic mass is 32.2. The van der Waals surface area contributed by atoms with Crippen molar-refractivity contribution in [2.75, 3.05) is 0 Å².